The van der Waals surface area contributed by atoms with E-state index < -0.39 is 0 Å². The fourth-order valence-corrected chi connectivity index (χ4v) is 6.61. The molecule has 0 aliphatic carbocycles. The van der Waals surface area contributed by atoms with Crippen LogP contribution in [0.15, 0.2) is 48.5 Å². The molecule has 2 aromatic carbocycles. The maximum atomic E-state index is 6.60. The van der Waals surface area contributed by atoms with Gasteiger partial charge in [0.05, 0.1) is 7.11 Å². The van der Waals surface area contributed by atoms with E-state index in [9.17, 15) is 0 Å². The van der Waals surface area contributed by atoms with Crippen LogP contribution in [0.3, 0.4) is 0 Å². The minimum Gasteiger partial charge on any atom is -0.497 e. The van der Waals surface area contributed by atoms with Crippen molar-refractivity contribution >= 4 is 23.5 Å². The average Bonchev–Trinajstić information content (AvgIpc) is 2.62. The Labute approximate surface area is 146 Å². The molecule has 0 radical (unpaired) electrons. The minimum atomic E-state index is -0.193. The summed E-state index contributed by atoms with van der Waals surface area (Å²) >= 11 is 3.94. The average molecular weight is 345 g/mol. The molecule has 0 amide bonds. The molecule has 1 atom stereocenters. The van der Waals surface area contributed by atoms with Crippen molar-refractivity contribution in [2.75, 3.05) is 18.6 Å². The number of ether oxygens (including phenoxy) is 2. The summed E-state index contributed by atoms with van der Waals surface area (Å²) in [4.78, 5) is 0. The molecule has 2 aromatic rings. The first-order valence-corrected chi connectivity index (χ1v) is 9.97. The lowest BCUT2D eigenvalue weighted by Crippen LogP contribution is -2.42. The topological polar surface area (TPSA) is 18.5 Å². The van der Waals surface area contributed by atoms with Gasteiger partial charge in [-0.1, -0.05) is 30.3 Å². The van der Waals surface area contributed by atoms with E-state index in [-0.39, 0.29) is 4.27 Å². The number of methoxy groups -OCH3 is 1. The van der Waals surface area contributed by atoms with Gasteiger partial charge >= 0.3 is 0 Å². The van der Waals surface area contributed by atoms with Gasteiger partial charge in [0.25, 0.3) is 0 Å². The lowest BCUT2D eigenvalue weighted by molar-refractivity contribution is 0.198. The number of thioether (sulfide) groups is 2. The van der Waals surface area contributed by atoms with Crippen molar-refractivity contribution in [2.24, 2.45) is 0 Å². The van der Waals surface area contributed by atoms with Crippen LogP contribution in [0.1, 0.15) is 23.5 Å². The van der Waals surface area contributed by atoms with E-state index in [1.807, 2.05) is 29.6 Å². The molecular formula is C19H20O2S2. The van der Waals surface area contributed by atoms with E-state index in [2.05, 4.69) is 42.5 Å². The third-order valence-electron chi connectivity index (χ3n) is 4.47. The highest BCUT2D eigenvalue weighted by Crippen LogP contribution is 2.56. The van der Waals surface area contributed by atoms with Crippen LogP contribution in [0.2, 0.25) is 0 Å². The standard InChI is InChI=1S/C19H20O2S2/c1-20-16-8-9-18-15(12-16)13-17(14-6-3-2-4-7-14)19(21-18)22-10-5-11-23-19/h2-4,6-9,12,17H,5,10-11,13H2,1H3/t17-/m0/s1. The summed E-state index contributed by atoms with van der Waals surface area (Å²) in [6.45, 7) is 0. The predicted octanol–water partition coefficient (Wildman–Crippen LogP) is 4.94. The molecule has 0 unspecified atom stereocenters. The Balaban J connectivity index is 1.77. The van der Waals surface area contributed by atoms with Crippen molar-refractivity contribution in [3.05, 3.63) is 59.7 Å². The van der Waals surface area contributed by atoms with Crippen molar-refractivity contribution in [1.29, 1.82) is 0 Å². The van der Waals surface area contributed by atoms with Gasteiger partial charge in [-0.25, -0.2) is 0 Å². The van der Waals surface area contributed by atoms with Gasteiger partial charge in [0, 0.05) is 5.92 Å². The molecule has 4 heteroatoms. The quantitative estimate of drug-likeness (QED) is 0.768. The molecule has 4 rings (SSSR count). The molecule has 1 spiro atoms. The fourth-order valence-electron chi connectivity index (χ4n) is 3.31. The van der Waals surface area contributed by atoms with E-state index in [1.165, 1.54) is 29.1 Å². The summed E-state index contributed by atoms with van der Waals surface area (Å²) < 4.78 is 11.8. The highest BCUT2D eigenvalue weighted by Gasteiger charge is 2.48. The summed E-state index contributed by atoms with van der Waals surface area (Å²) in [5.41, 5.74) is 2.61. The molecule has 0 N–H and O–H groups in total. The Morgan fingerprint density at radius 2 is 1.87 bits per heavy atom. The van der Waals surface area contributed by atoms with Crippen LogP contribution >= 0.6 is 23.5 Å². The van der Waals surface area contributed by atoms with Crippen molar-refractivity contribution in [3.63, 3.8) is 0 Å². The Morgan fingerprint density at radius 3 is 2.61 bits per heavy atom. The molecule has 2 heterocycles. The van der Waals surface area contributed by atoms with E-state index >= 15 is 0 Å². The minimum absolute atomic E-state index is 0.193. The van der Waals surface area contributed by atoms with Crippen LogP contribution in [0, 0.1) is 0 Å². The Hall–Kier alpha value is -1.26. The maximum absolute atomic E-state index is 6.60. The number of fused-ring (bicyclic) bond motifs is 1. The molecule has 120 valence electrons. The lowest BCUT2D eigenvalue weighted by atomic mass is 9.89. The van der Waals surface area contributed by atoms with Gasteiger partial charge in [-0.05, 0) is 53.7 Å². The Bertz CT molecular complexity index is 681. The van der Waals surface area contributed by atoms with Gasteiger partial charge in [-0.2, -0.15) is 0 Å². The first-order valence-electron chi connectivity index (χ1n) is 7.99. The molecule has 23 heavy (non-hydrogen) atoms. The van der Waals surface area contributed by atoms with Gasteiger partial charge in [0.2, 0.25) is 4.27 Å². The van der Waals surface area contributed by atoms with Gasteiger partial charge in [-0.3, -0.25) is 0 Å². The molecule has 0 bridgehead atoms. The maximum Gasteiger partial charge on any atom is 0.208 e. The largest absolute Gasteiger partial charge is 0.497 e. The third kappa shape index (κ3) is 2.83. The van der Waals surface area contributed by atoms with Gasteiger partial charge < -0.3 is 9.47 Å². The van der Waals surface area contributed by atoms with E-state index in [1.54, 1.807) is 7.11 Å². The number of rotatable bonds is 2. The zero-order chi connectivity index (χ0) is 15.7. The van der Waals surface area contributed by atoms with Crippen molar-refractivity contribution in [1.82, 2.24) is 0 Å². The molecule has 2 aliphatic heterocycles. The molecule has 0 saturated carbocycles. The second kappa shape index (κ2) is 6.33. The first-order chi connectivity index (χ1) is 11.3. The Kier molecular flexibility index (Phi) is 4.20. The van der Waals surface area contributed by atoms with Crippen LogP contribution in [0.4, 0.5) is 0 Å². The molecule has 0 aromatic heterocycles. The third-order valence-corrected chi connectivity index (χ3v) is 7.70. The summed E-state index contributed by atoms with van der Waals surface area (Å²) in [6.07, 6.45) is 2.26. The van der Waals surface area contributed by atoms with Crippen LogP contribution < -0.4 is 9.47 Å². The highest BCUT2D eigenvalue weighted by molar-refractivity contribution is 8.18. The van der Waals surface area contributed by atoms with Crippen LogP contribution in [-0.2, 0) is 6.42 Å². The first kappa shape index (κ1) is 15.3. The molecule has 2 nitrogen and oxygen atoms in total. The number of hydrogen-bond donors (Lipinski definition) is 0. The van der Waals surface area contributed by atoms with Gasteiger partial charge in [0.15, 0.2) is 0 Å². The molecule has 1 fully saturated rings. The van der Waals surface area contributed by atoms with E-state index in [0.29, 0.717) is 5.92 Å². The summed E-state index contributed by atoms with van der Waals surface area (Å²) in [5, 5.41) is 0. The van der Waals surface area contributed by atoms with Crippen LogP contribution in [-0.4, -0.2) is 22.9 Å². The smallest absolute Gasteiger partial charge is 0.208 e. The summed E-state index contributed by atoms with van der Waals surface area (Å²) in [6, 6.07) is 17.0. The van der Waals surface area contributed by atoms with Gasteiger partial charge in [-0.15, -0.1) is 23.5 Å². The number of hydrogen-bond acceptors (Lipinski definition) is 4. The second-order valence-corrected chi connectivity index (χ2v) is 8.76. The summed E-state index contributed by atoms with van der Waals surface area (Å²) in [7, 11) is 1.72. The lowest BCUT2D eigenvalue weighted by Gasteiger charge is -2.45. The fraction of sp³-hybridized carbons (Fsp3) is 0.368. The molecular weight excluding hydrogens is 324 g/mol. The van der Waals surface area contributed by atoms with Crippen LogP contribution in [0.25, 0.3) is 0 Å². The monoisotopic (exact) mass is 344 g/mol. The Morgan fingerprint density at radius 1 is 1.09 bits per heavy atom. The van der Waals surface area contributed by atoms with Crippen molar-refractivity contribution in [2.45, 2.75) is 23.0 Å². The zero-order valence-electron chi connectivity index (χ0n) is 13.2. The van der Waals surface area contributed by atoms with Gasteiger partial charge in [0.1, 0.15) is 11.5 Å². The normalized spacial score (nSPS) is 22.2. The molecule has 1 saturated heterocycles. The van der Waals surface area contributed by atoms with E-state index in [0.717, 1.165) is 17.9 Å². The summed E-state index contributed by atoms with van der Waals surface area (Å²) in [5.74, 6) is 4.61. The number of benzene rings is 2. The van der Waals surface area contributed by atoms with E-state index in [4.69, 9.17) is 9.47 Å². The molecule has 2 aliphatic rings. The van der Waals surface area contributed by atoms with Crippen LogP contribution in [0.5, 0.6) is 11.5 Å². The second-order valence-electron chi connectivity index (χ2n) is 5.90. The highest BCUT2D eigenvalue weighted by atomic mass is 32.2. The predicted molar refractivity (Wildman–Crippen MR) is 98.8 cm³/mol. The van der Waals surface area contributed by atoms with Crippen molar-refractivity contribution < 1.29 is 9.47 Å². The van der Waals surface area contributed by atoms with Crippen molar-refractivity contribution in [3.8, 4) is 11.5 Å². The zero-order valence-corrected chi connectivity index (χ0v) is 14.8. The SMILES string of the molecule is COc1ccc2c(c1)C[C@@H](c1ccccc1)C1(O2)SCCCS1.